The molecule has 0 bridgehead atoms. The highest BCUT2D eigenvalue weighted by atomic mass is 32.2. The van der Waals surface area contributed by atoms with Crippen LogP contribution in [0.4, 0.5) is 0 Å². The zero-order chi connectivity index (χ0) is 23.6. The number of hydrogen-bond donors (Lipinski definition) is 1. The molecule has 0 amide bonds. The Labute approximate surface area is 192 Å². The van der Waals surface area contributed by atoms with Crippen molar-refractivity contribution in [3.63, 3.8) is 0 Å². The van der Waals surface area contributed by atoms with Crippen LogP contribution in [0.15, 0.2) is 71.5 Å². The number of nitrogens with one attached hydrogen (secondary N) is 1. The van der Waals surface area contributed by atoms with Crippen LogP contribution in [0.25, 0.3) is 22.2 Å². The number of nitrogens with zero attached hydrogens (tertiary/aromatic N) is 1. The minimum atomic E-state index is -3.43. The van der Waals surface area contributed by atoms with E-state index < -0.39 is 15.9 Å². The summed E-state index contributed by atoms with van der Waals surface area (Å²) in [6, 6.07) is 19.8. The van der Waals surface area contributed by atoms with Crippen molar-refractivity contribution in [3.8, 4) is 22.6 Å². The van der Waals surface area contributed by atoms with E-state index in [1.807, 2.05) is 55.5 Å². The molecule has 1 heterocycles. The van der Waals surface area contributed by atoms with Crippen LogP contribution >= 0.6 is 0 Å². The Hall–Kier alpha value is -3.52. The van der Waals surface area contributed by atoms with Gasteiger partial charge in [0.2, 0.25) is 0 Å². The Balaban J connectivity index is 1.94. The van der Waals surface area contributed by atoms with Gasteiger partial charge in [0.1, 0.15) is 9.84 Å². The molecule has 0 spiro atoms. The molecule has 4 rings (SSSR count). The Morgan fingerprint density at radius 1 is 1.00 bits per heavy atom. The summed E-state index contributed by atoms with van der Waals surface area (Å²) in [5, 5.41) is 0. The molecule has 172 valence electrons. The number of sulfone groups is 1. The molecule has 0 aliphatic carbocycles. The summed E-state index contributed by atoms with van der Waals surface area (Å²) in [5.74, 6) is 0.790. The van der Waals surface area contributed by atoms with Crippen LogP contribution in [0.2, 0.25) is 0 Å². The molecular formula is C25H26N2O5S. The minimum Gasteiger partial charge on any atom is -0.493 e. The Morgan fingerprint density at radius 3 is 2.42 bits per heavy atom. The maximum atomic E-state index is 13.2. The van der Waals surface area contributed by atoms with Crippen molar-refractivity contribution in [2.75, 3.05) is 25.7 Å². The van der Waals surface area contributed by atoms with Gasteiger partial charge in [-0.25, -0.2) is 13.2 Å². The average Bonchev–Trinajstić information content (AvgIpc) is 3.13. The quantitative estimate of drug-likeness (QED) is 0.423. The summed E-state index contributed by atoms with van der Waals surface area (Å²) in [4.78, 5) is 16.2. The number of aromatic nitrogens is 2. The van der Waals surface area contributed by atoms with Crippen molar-refractivity contribution in [1.29, 1.82) is 0 Å². The molecular weight excluding hydrogens is 440 g/mol. The second kappa shape index (κ2) is 9.15. The van der Waals surface area contributed by atoms with Crippen molar-refractivity contribution in [2.24, 2.45) is 0 Å². The summed E-state index contributed by atoms with van der Waals surface area (Å²) in [7, 11) is -1.89. The molecule has 1 atom stereocenters. The zero-order valence-electron chi connectivity index (χ0n) is 18.7. The molecule has 8 heteroatoms. The van der Waals surface area contributed by atoms with Crippen LogP contribution in [0.1, 0.15) is 18.5 Å². The van der Waals surface area contributed by atoms with Crippen LogP contribution in [0, 0.1) is 0 Å². The van der Waals surface area contributed by atoms with Gasteiger partial charge < -0.3 is 14.5 Å². The lowest BCUT2D eigenvalue weighted by molar-refractivity contribution is 0.310. The predicted molar refractivity (Wildman–Crippen MR) is 130 cm³/mol. The molecule has 3 aromatic carbocycles. The molecule has 33 heavy (non-hydrogen) atoms. The number of aromatic amines is 1. The van der Waals surface area contributed by atoms with Crippen molar-refractivity contribution >= 4 is 20.9 Å². The summed E-state index contributed by atoms with van der Waals surface area (Å²) in [5.41, 5.74) is 3.37. The van der Waals surface area contributed by atoms with Crippen LogP contribution in [-0.2, 0) is 9.84 Å². The first-order valence-corrected chi connectivity index (χ1v) is 12.7. The first-order chi connectivity index (χ1) is 15.8. The van der Waals surface area contributed by atoms with E-state index in [9.17, 15) is 13.2 Å². The van der Waals surface area contributed by atoms with E-state index in [2.05, 4.69) is 4.98 Å². The molecule has 7 nitrogen and oxygen atoms in total. The molecule has 0 saturated carbocycles. The fourth-order valence-corrected chi connectivity index (χ4v) is 5.01. The maximum Gasteiger partial charge on any atom is 0.327 e. The number of rotatable bonds is 8. The third-order valence-electron chi connectivity index (χ3n) is 5.48. The lowest BCUT2D eigenvalue weighted by atomic mass is 10.0. The van der Waals surface area contributed by atoms with E-state index in [0.717, 1.165) is 11.1 Å². The van der Waals surface area contributed by atoms with E-state index >= 15 is 0 Å². The van der Waals surface area contributed by atoms with E-state index in [1.54, 1.807) is 25.3 Å². The summed E-state index contributed by atoms with van der Waals surface area (Å²) < 4.78 is 37.4. The van der Waals surface area contributed by atoms with E-state index in [4.69, 9.17) is 9.47 Å². The summed E-state index contributed by atoms with van der Waals surface area (Å²) in [6.45, 7) is 2.28. The van der Waals surface area contributed by atoms with Gasteiger partial charge in [-0.05, 0) is 36.2 Å². The first kappa shape index (κ1) is 22.7. The number of fused-ring (bicyclic) bond motifs is 1. The molecule has 0 fully saturated rings. The largest absolute Gasteiger partial charge is 0.493 e. The summed E-state index contributed by atoms with van der Waals surface area (Å²) >= 11 is 0. The Bertz CT molecular complexity index is 1440. The molecule has 0 unspecified atom stereocenters. The molecule has 1 N–H and O–H groups in total. The maximum absolute atomic E-state index is 13.2. The third-order valence-corrected chi connectivity index (χ3v) is 6.40. The second-order valence-corrected chi connectivity index (χ2v) is 10.0. The van der Waals surface area contributed by atoms with Crippen molar-refractivity contribution < 1.29 is 17.9 Å². The van der Waals surface area contributed by atoms with Crippen molar-refractivity contribution in [1.82, 2.24) is 9.55 Å². The zero-order valence-corrected chi connectivity index (χ0v) is 19.6. The molecule has 1 aromatic heterocycles. The number of H-pyrrole nitrogens is 1. The van der Waals surface area contributed by atoms with Gasteiger partial charge >= 0.3 is 5.69 Å². The SMILES string of the molecule is CCOc1cc([C@@H](CS(C)(=O)=O)n2c(=O)[nH]c3c(-c4ccccc4)cccc32)ccc1OC. The highest BCUT2D eigenvalue weighted by Crippen LogP contribution is 2.34. The van der Waals surface area contributed by atoms with Crippen molar-refractivity contribution in [3.05, 3.63) is 82.8 Å². The van der Waals surface area contributed by atoms with Crippen LogP contribution in [-0.4, -0.2) is 43.7 Å². The average molecular weight is 467 g/mol. The van der Waals surface area contributed by atoms with Gasteiger partial charge in [-0.3, -0.25) is 4.57 Å². The Morgan fingerprint density at radius 2 is 1.76 bits per heavy atom. The fraction of sp³-hybridized carbons (Fsp3) is 0.240. The van der Waals surface area contributed by atoms with Crippen LogP contribution in [0.3, 0.4) is 0 Å². The smallest absolute Gasteiger partial charge is 0.327 e. The second-order valence-electron chi connectivity index (χ2n) is 7.82. The lowest BCUT2D eigenvalue weighted by Gasteiger charge is -2.20. The van der Waals surface area contributed by atoms with Crippen LogP contribution in [0.5, 0.6) is 11.5 Å². The number of ether oxygens (including phenoxy) is 2. The van der Waals surface area contributed by atoms with Gasteiger partial charge in [0, 0.05) is 11.8 Å². The van der Waals surface area contributed by atoms with E-state index in [0.29, 0.717) is 34.7 Å². The third kappa shape index (κ3) is 4.66. The molecule has 0 aliphatic rings. The van der Waals surface area contributed by atoms with Crippen molar-refractivity contribution in [2.45, 2.75) is 13.0 Å². The summed E-state index contributed by atoms with van der Waals surface area (Å²) in [6.07, 6.45) is 1.17. The predicted octanol–water partition coefficient (Wildman–Crippen LogP) is 4.04. The monoisotopic (exact) mass is 466 g/mol. The minimum absolute atomic E-state index is 0.243. The number of imidazole rings is 1. The molecule has 4 aromatic rings. The van der Waals surface area contributed by atoms with Gasteiger partial charge in [-0.1, -0.05) is 48.5 Å². The highest BCUT2D eigenvalue weighted by Gasteiger charge is 2.25. The van der Waals surface area contributed by atoms with E-state index in [-0.39, 0.29) is 11.4 Å². The van der Waals surface area contributed by atoms with E-state index in [1.165, 1.54) is 10.8 Å². The molecule has 0 radical (unpaired) electrons. The topological polar surface area (TPSA) is 90.4 Å². The van der Waals surface area contributed by atoms with Crippen LogP contribution < -0.4 is 15.2 Å². The van der Waals surface area contributed by atoms with Gasteiger partial charge in [-0.15, -0.1) is 0 Å². The molecule has 0 aliphatic heterocycles. The lowest BCUT2D eigenvalue weighted by Crippen LogP contribution is -2.28. The number of benzene rings is 3. The highest BCUT2D eigenvalue weighted by molar-refractivity contribution is 7.90. The Kier molecular flexibility index (Phi) is 6.29. The molecule has 0 saturated heterocycles. The number of para-hydroxylation sites is 1. The normalized spacial score (nSPS) is 12.6. The van der Waals surface area contributed by atoms with Gasteiger partial charge in [0.25, 0.3) is 0 Å². The fourth-order valence-electron chi connectivity index (χ4n) is 4.09. The number of methoxy groups -OCH3 is 1. The van der Waals surface area contributed by atoms with Gasteiger partial charge in [0.05, 0.1) is 36.5 Å². The number of hydrogen-bond acceptors (Lipinski definition) is 5. The standard InChI is InChI=1S/C25H26N2O5S/c1-4-32-23-15-18(13-14-22(23)31-2)21(16-33(3,29)30)27-20-12-8-11-19(24(20)26-25(27)28)17-9-6-5-7-10-17/h5-15,21H,4,16H2,1-3H3,(H,26,28)/t21-/m1/s1. The first-order valence-electron chi connectivity index (χ1n) is 10.6. The van der Waals surface area contributed by atoms with Gasteiger partial charge in [0.15, 0.2) is 11.5 Å². The van der Waals surface area contributed by atoms with Gasteiger partial charge in [-0.2, -0.15) is 0 Å².